The molecule has 1 N–H and O–H groups in total. The van der Waals surface area contributed by atoms with Crippen LogP contribution in [0.2, 0.25) is 0 Å². The van der Waals surface area contributed by atoms with Gasteiger partial charge >= 0.3 is 0 Å². The third kappa shape index (κ3) is 5.42. The Balaban J connectivity index is 1.73. The van der Waals surface area contributed by atoms with E-state index in [4.69, 9.17) is 12.2 Å². The van der Waals surface area contributed by atoms with Gasteiger partial charge in [0, 0.05) is 4.90 Å². The van der Waals surface area contributed by atoms with Crippen LogP contribution in [0.5, 0.6) is 0 Å². The fourth-order valence-corrected chi connectivity index (χ4v) is 5.85. The Labute approximate surface area is 215 Å². The lowest BCUT2D eigenvalue weighted by atomic mass is 9.79. The first kappa shape index (κ1) is 25.0. The summed E-state index contributed by atoms with van der Waals surface area (Å²) in [6, 6.07) is 12.8. The second kappa shape index (κ2) is 9.17. The number of nitrogens with zero attached hydrogens (tertiary/aromatic N) is 1. The second-order valence-electron chi connectivity index (χ2n) is 10.8. The summed E-state index contributed by atoms with van der Waals surface area (Å²) in [4.78, 5) is 28.7. The normalized spacial score (nSPS) is 17.9. The number of fused-ring (bicyclic) bond motifs is 1. The molecule has 2 amide bonds. The van der Waals surface area contributed by atoms with Crippen LogP contribution >= 0.6 is 35.7 Å². The maximum Gasteiger partial charge on any atom is 0.263 e. The molecule has 2 aliphatic heterocycles. The van der Waals surface area contributed by atoms with Crippen LogP contribution in [0.1, 0.15) is 63.8 Å². The van der Waals surface area contributed by atoms with Crippen LogP contribution in [0.15, 0.2) is 46.2 Å². The van der Waals surface area contributed by atoms with Gasteiger partial charge in [-0.15, -0.1) is 11.8 Å². The largest absolute Gasteiger partial charge is 0.307 e. The fourth-order valence-electron chi connectivity index (χ4n) is 3.89. The van der Waals surface area contributed by atoms with Crippen molar-refractivity contribution in [3.05, 3.63) is 63.6 Å². The number of hydrogen-bond acceptors (Lipinski definition) is 5. The van der Waals surface area contributed by atoms with E-state index < -0.39 is 0 Å². The highest BCUT2D eigenvalue weighted by atomic mass is 32.2. The molecular weight excluding hydrogens is 481 g/mol. The van der Waals surface area contributed by atoms with Crippen molar-refractivity contribution in [2.75, 3.05) is 10.7 Å². The van der Waals surface area contributed by atoms with Crippen LogP contribution in [0.4, 0.5) is 5.69 Å². The first-order chi connectivity index (χ1) is 15.8. The van der Waals surface area contributed by atoms with Crippen molar-refractivity contribution in [3.8, 4) is 0 Å². The van der Waals surface area contributed by atoms with Crippen molar-refractivity contribution in [2.45, 2.75) is 63.8 Å². The molecule has 0 unspecified atom stereocenters. The molecule has 2 aliphatic rings. The Morgan fingerprint density at radius 2 is 1.65 bits per heavy atom. The SMILES string of the molecule is CC(C)(C)c1cc(CN2C(=O)CSc3ccc(C=C4SC(=S)NC4=O)cc32)cc(C(C)(C)C)c1. The van der Waals surface area contributed by atoms with E-state index in [1.807, 2.05) is 29.2 Å². The molecular formula is C27H30N2O2S3. The van der Waals surface area contributed by atoms with Gasteiger partial charge in [0.1, 0.15) is 4.32 Å². The minimum Gasteiger partial charge on any atom is -0.307 e. The van der Waals surface area contributed by atoms with E-state index in [1.165, 1.54) is 22.9 Å². The van der Waals surface area contributed by atoms with E-state index in [1.54, 1.807) is 11.8 Å². The highest BCUT2D eigenvalue weighted by Crippen LogP contribution is 2.39. The first-order valence-corrected chi connectivity index (χ1v) is 13.5. The summed E-state index contributed by atoms with van der Waals surface area (Å²) in [6.45, 7) is 13.8. The van der Waals surface area contributed by atoms with Crippen LogP contribution in [0.3, 0.4) is 0 Å². The minimum atomic E-state index is -0.177. The number of carbonyl (C=O) groups excluding carboxylic acids is 2. The Bertz CT molecular complexity index is 1190. The molecule has 2 aromatic rings. The van der Waals surface area contributed by atoms with Crippen molar-refractivity contribution in [2.24, 2.45) is 0 Å². The zero-order chi connectivity index (χ0) is 24.8. The zero-order valence-corrected chi connectivity index (χ0v) is 22.9. The lowest BCUT2D eigenvalue weighted by Crippen LogP contribution is -2.35. The molecule has 1 saturated heterocycles. The summed E-state index contributed by atoms with van der Waals surface area (Å²) < 4.78 is 0.468. The molecule has 7 heteroatoms. The van der Waals surface area contributed by atoms with Crippen molar-refractivity contribution in [1.29, 1.82) is 0 Å². The number of benzene rings is 2. The summed E-state index contributed by atoms with van der Waals surface area (Å²) in [5, 5.41) is 2.65. The van der Waals surface area contributed by atoms with Crippen LogP contribution < -0.4 is 10.2 Å². The van der Waals surface area contributed by atoms with E-state index in [0.29, 0.717) is 21.5 Å². The van der Waals surface area contributed by atoms with Crippen LogP contribution in [-0.4, -0.2) is 21.9 Å². The summed E-state index contributed by atoms with van der Waals surface area (Å²) in [7, 11) is 0. The lowest BCUT2D eigenvalue weighted by molar-refractivity contribution is -0.116. The fraction of sp³-hybridized carbons (Fsp3) is 0.370. The average Bonchev–Trinajstić information content (AvgIpc) is 3.05. The molecule has 0 radical (unpaired) electrons. The van der Waals surface area contributed by atoms with E-state index in [0.717, 1.165) is 21.7 Å². The van der Waals surface area contributed by atoms with Crippen molar-refractivity contribution in [3.63, 3.8) is 0 Å². The minimum absolute atomic E-state index is 0.00906. The van der Waals surface area contributed by atoms with Gasteiger partial charge in [-0.1, -0.05) is 89.8 Å². The van der Waals surface area contributed by atoms with Gasteiger partial charge < -0.3 is 10.2 Å². The number of thiocarbonyl (C=S) groups is 1. The molecule has 1 fully saturated rings. The van der Waals surface area contributed by atoms with E-state index >= 15 is 0 Å². The Morgan fingerprint density at radius 3 is 2.21 bits per heavy atom. The summed E-state index contributed by atoms with van der Waals surface area (Å²) in [5.41, 5.74) is 5.45. The van der Waals surface area contributed by atoms with Crippen molar-refractivity contribution >= 4 is 63.6 Å². The monoisotopic (exact) mass is 510 g/mol. The number of carbonyl (C=O) groups is 2. The molecule has 0 bridgehead atoms. The van der Waals surface area contributed by atoms with Gasteiger partial charge in [-0.3, -0.25) is 9.59 Å². The van der Waals surface area contributed by atoms with Crippen LogP contribution in [-0.2, 0) is 27.0 Å². The average molecular weight is 511 g/mol. The molecule has 0 spiro atoms. The number of amides is 2. The smallest absolute Gasteiger partial charge is 0.263 e. The maximum absolute atomic E-state index is 13.1. The molecule has 2 aromatic carbocycles. The van der Waals surface area contributed by atoms with Gasteiger partial charge in [0.05, 0.1) is 22.9 Å². The zero-order valence-electron chi connectivity index (χ0n) is 20.4. The molecule has 34 heavy (non-hydrogen) atoms. The van der Waals surface area contributed by atoms with Gasteiger partial charge in [0.15, 0.2) is 0 Å². The van der Waals surface area contributed by atoms with Crippen molar-refractivity contribution in [1.82, 2.24) is 5.32 Å². The maximum atomic E-state index is 13.1. The first-order valence-electron chi connectivity index (χ1n) is 11.3. The van der Waals surface area contributed by atoms with Gasteiger partial charge in [-0.05, 0) is 51.3 Å². The predicted octanol–water partition coefficient (Wildman–Crippen LogP) is 6.41. The van der Waals surface area contributed by atoms with Crippen molar-refractivity contribution < 1.29 is 9.59 Å². The van der Waals surface area contributed by atoms with Gasteiger partial charge in [-0.25, -0.2) is 0 Å². The summed E-state index contributed by atoms with van der Waals surface area (Å²) in [6.07, 6.45) is 1.83. The standard InChI is InChI=1S/C27H30N2O2S3/c1-26(2,3)18-9-17(10-19(13-18)27(4,5)6)14-29-20-11-16(7-8-21(20)33-15-23(29)30)12-22-24(31)28-25(32)34-22/h7-13H,14-15H2,1-6H3,(H,28,31,32). The number of rotatable bonds is 3. The highest BCUT2D eigenvalue weighted by molar-refractivity contribution is 8.26. The van der Waals surface area contributed by atoms with E-state index in [9.17, 15) is 9.59 Å². The summed E-state index contributed by atoms with van der Waals surface area (Å²) in [5.74, 6) is 0.337. The third-order valence-electron chi connectivity index (χ3n) is 5.93. The highest BCUT2D eigenvalue weighted by Gasteiger charge is 2.28. The van der Waals surface area contributed by atoms with Gasteiger partial charge in [0.2, 0.25) is 5.91 Å². The Morgan fingerprint density at radius 1 is 1.00 bits per heavy atom. The van der Waals surface area contributed by atoms with Crippen LogP contribution in [0, 0.1) is 0 Å². The molecule has 0 aliphatic carbocycles. The molecule has 4 rings (SSSR count). The molecule has 2 heterocycles. The molecule has 4 nitrogen and oxygen atoms in total. The Kier molecular flexibility index (Phi) is 6.75. The number of nitrogens with one attached hydrogen (secondary N) is 1. The molecule has 178 valence electrons. The number of hydrogen-bond donors (Lipinski definition) is 1. The lowest BCUT2D eigenvalue weighted by Gasteiger charge is -2.31. The third-order valence-corrected chi connectivity index (χ3v) is 8.14. The van der Waals surface area contributed by atoms with Gasteiger partial charge in [0.25, 0.3) is 5.91 Å². The van der Waals surface area contributed by atoms with E-state index in [2.05, 4.69) is 65.1 Å². The topological polar surface area (TPSA) is 49.4 Å². The molecule has 0 saturated carbocycles. The number of anilines is 1. The predicted molar refractivity (Wildman–Crippen MR) is 149 cm³/mol. The van der Waals surface area contributed by atoms with E-state index in [-0.39, 0.29) is 22.6 Å². The quantitative estimate of drug-likeness (QED) is 0.382. The molecule has 0 atom stereocenters. The van der Waals surface area contributed by atoms with Gasteiger partial charge in [-0.2, -0.15) is 0 Å². The second-order valence-corrected chi connectivity index (χ2v) is 13.5. The van der Waals surface area contributed by atoms with Crippen LogP contribution in [0.25, 0.3) is 6.08 Å². The Hall–Kier alpha value is -2.09. The number of thioether (sulfide) groups is 2. The summed E-state index contributed by atoms with van der Waals surface area (Å²) >= 11 is 7.93. The molecule has 0 aromatic heterocycles.